The highest BCUT2D eigenvalue weighted by Crippen LogP contribution is 2.17. The second-order valence-electron chi connectivity index (χ2n) is 1.98. The fourth-order valence-electron chi connectivity index (χ4n) is 0.577. The molecule has 0 rings (SSSR count). The van der Waals surface area contributed by atoms with Crippen LogP contribution in [-0.2, 0) is 0 Å². The van der Waals surface area contributed by atoms with Crippen molar-refractivity contribution in [1.82, 2.24) is 0 Å². The average Bonchev–Trinajstić information content (AvgIpc) is 1.68. The zero-order valence-corrected chi connectivity index (χ0v) is 6.49. The van der Waals surface area contributed by atoms with Gasteiger partial charge in [0.2, 0.25) is 0 Å². The summed E-state index contributed by atoms with van der Waals surface area (Å²) in [7, 11) is 1.14. The molecule has 0 bridgehead atoms. The van der Waals surface area contributed by atoms with Crippen LogP contribution in [-0.4, -0.2) is 12.3 Å². The molecule has 0 radical (unpaired) electrons. The normalized spacial score (nSPS) is 15.9. The second-order valence-corrected chi connectivity index (χ2v) is 3.54. The van der Waals surface area contributed by atoms with Gasteiger partial charge in [-0.25, -0.2) is 0 Å². The lowest BCUT2D eigenvalue weighted by molar-refractivity contribution is 0.784. The third-order valence-corrected chi connectivity index (χ3v) is 2.49. The van der Waals surface area contributed by atoms with Crippen molar-refractivity contribution < 1.29 is 0 Å². The maximum Gasteiger partial charge on any atom is -0.0268 e. The van der Waals surface area contributed by atoms with E-state index in [4.69, 9.17) is 0 Å². The molecular weight excluding hydrogens is 103 g/mol. The summed E-state index contributed by atoms with van der Waals surface area (Å²) in [5.74, 6) is 0. The highest BCUT2D eigenvalue weighted by atomic mass is 31.1. The molecular formula is C6H15P. The fraction of sp³-hybridized carbons (Fsp3) is 1.00. The summed E-state index contributed by atoms with van der Waals surface area (Å²) in [6, 6.07) is 0. The molecule has 0 aromatic heterocycles. The summed E-state index contributed by atoms with van der Waals surface area (Å²) in [6.07, 6.45) is 2.76. The quantitative estimate of drug-likeness (QED) is 0.499. The van der Waals surface area contributed by atoms with Crippen molar-refractivity contribution in [3.8, 4) is 0 Å². The number of rotatable bonds is 3. The Labute approximate surface area is 48.5 Å². The van der Waals surface area contributed by atoms with Gasteiger partial charge in [-0.2, -0.15) is 0 Å². The van der Waals surface area contributed by atoms with E-state index in [0.29, 0.717) is 0 Å². The molecule has 0 N–H and O–H groups in total. The minimum absolute atomic E-state index is 0.977. The van der Waals surface area contributed by atoms with Gasteiger partial charge in [0.25, 0.3) is 0 Å². The molecule has 0 nitrogen and oxygen atoms in total. The van der Waals surface area contributed by atoms with Gasteiger partial charge in [0.05, 0.1) is 0 Å². The standard InChI is InChI=1S/C6H15P/c1-4-5-6(2)7-3/h6-7H,4-5H2,1-3H3. The lowest BCUT2D eigenvalue weighted by atomic mass is 10.3. The highest BCUT2D eigenvalue weighted by molar-refractivity contribution is 7.37. The summed E-state index contributed by atoms with van der Waals surface area (Å²) in [6.45, 7) is 6.85. The molecule has 0 amide bonds. The van der Waals surface area contributed by atoms with Crippen LogP contribution in [0.2, 0.25) is 0 Å². The first-order valence-corrected chi connectivity index (χ1v) is 4.56. The van der Waals surface area contributed by atoms with Gasteiger partial charge < -0.3 is 0 Å². The Balaban J connectivity index is 2.83. The third kappa shape index (κ3) is 4.28. The highest BCUT2D eigenvalue weighted by Gasteiger charge is 1.92. The van der Waals surface area contributed by atoms with Crippen molar-refractivity contribution in [3.63, 3.8) is 0 Å². The lowest BCUT2D eigenvalue weighted by Crippen LogP contribution is -1.89. The van der Waals surface area contributed by atoms with Crippen LogP contribution in [0, 0.1) is 0 Å². The predicted molar refractivity (Wildman–Crippen MR) is 38.6 cm³/mol. The van der Waals surface area contributed by atoms with E-state index >= 15 is 0 Å². The Hall–Kier alpha value is 0.430. The van der Waals surface area contributed by atoms with Gasteiger partial charge in [0.15, 0.2) is 0 Å². The fourth-order valence-corrected chi connectivity index (χ4v) is 1.15. The zero-order chi connectivity index (χ0) is 5.70. The van der Waals surface area contributed by atoms with Crippen molar-refractivity contribution >= 4 is 8.58 Å². The molecule has 0 heterocycles. The van der Waals surface area contributed by atoms with E-state index in [1.165, 1.54) is 12.8 Å². The molecule has 0 saturated carbocycles. The summed E-state index contributed by atoms with van der Waals surface area (Å²) < 4.78 is 0. The predicted octanol–water partition coefficient (Wildman–Crippen LogP) is 2.48. The first kappa shape index (κ1) is 7.43. The summed E-state index contributed by atoms with van der Waals surface area (Å²) in [5, 5.41) is 0. The molecule has 44 valence electrons. The Bertz CT molecular complexity index is 35.2. The van der Waals surface area contributed by atoms with E-state index in [1.54, 1.807) is 0 Å². The minimum Gasteiger partial charge on any atom is -0.122 e. The molecule has 2 atom stereocenters. The number of hydrogen-bond acceptors (Lipinski definition) is 0. The topological polar surface area (TPSA) is 0 Å². The van der Waals surface area contributed by atoms with E-state index < -0.39 is 0 Å². The Morgan fingerprint density at radius 1 is 1.57 bits per heavy atom. The lowest BCUT2D eigenvalue weighted by Gasteiger charge is -2.02. The zero-order valence-electron chi connectivity index (χ0n) is 5.49. The molecule has 2 unspecified atom stereocenters. The van der Waals surface area contributed by atoms with Gasteiger partial charge in [0.1, 0.15) is 0 Å². The van der Waals surface area contributed by atoms with Crippen molar-refractivity contribution in [2.45, 2.75) is 32.3 Å². The monoisotopic (exact) mass is 118 g/mol. The van der Waals surface area contributed by atoms with Crippen molar-refractivity contribution in [1.29, 1.82) is 0 Å². The van der Waals surface area contributed by atoms with Crippen LogP contribution in [0.3, 0.4) is 0 Å². The molecule has 7 heavy (non-hydrogen) atoms. The molecule has 0 aliphatic rings. The van der Waals surface area contributed by atoms with Crippen LogP contribution in [0.25, 0.3) is 0 Å². The van der Waals surface area contributed by atoms with Crippen LogP contribution in [0.1, 0.15) is 26.7 Å². The second kappa shape index (κ2) is 4.59. The van der Waals surface area contributed by atoms with Gasteiger partial charge in [-0.1, -0.05) is 20.3 Å². The van der Waals surface area contributed by atoms with E-state index in [9.17, 15) is 0 Å². The first-order chi connectivity index (χ1) is 3.31. The maximum absolute atomic E-state index is 2.32. The summed E-state index contributed by atoms with van der Waals surface area (Å²) in [5.41, 5.74) is 0.977. The molecule has 0 aliphatic carbocycles. The maximum atomic E-state index is 2.32. The molecule has 0 saturated heterocycles. The Kier molecular flexibility index (Phi) is 4.87. The summed E-state index contributed by atoms with van der Waals surface area (Å²) >= 11 is 0. The molecule has 0 aromatic rings. The summed E-state index contributed by atoms with van der Waals surface area (Å²) in [4.78, 5) is 0. The van der Waals surface area contributed by atoms with E-state index in [2.05, 4.69) is 20.5 Å². The van der Waals surface area contributed by atoms with Crippen LogP contribution in [0.5, 0.6) is 0 Å². The Morgan fingerprint density at radius 2 is 2.14 bits per heavy atom. The number of hydrogen-bond donors (Lipinski definition) is 0. The molecule has 0 aromatic carbocycles. The van der Waals surface area contributed by atoms with Crippen LogP contribution < -0.4 is 0 Å². The Morgan fingerprint density at radius 3 is 2.29 bits per heavy atom. The molecule has 0 fully saturated rings. The van der Waals surface area contributed by atoms with Crippen molar-refractivity contribution in [3.05, 3.63) is 0 Å². The molecule has 0 spiro atoms. The SMILES string of the molecule is CCCC(C)PC. The van der Waals surface area contributed by atoms with E-state index in [1.807, 2.05) is 0 Å². The van der Waals surface area contributed by atoms with Crippen LogP contribution in [0.4, 0.5) is 0 Å². The average molecular weight is 118 g/mol. The largest absolute Gasteiger partial charge is 0.122 e. The van der Waals surface area contributed by atoms with Gasteiger partial charge >= 0.3 is 0 Å². The third-order valence-electron chi connectivity index (χ3n) is 1.21. The van der Waals surface area contributed by atoms with Gasteiger partial charge in [0, 0.05) is 0 Å². The molecule has 1 heteroatoms. The van der Waals surface area contributed by atoms with Crippen molar-refractivity contribution in [2.24, 2.45) is 0 Å². The minimum atomic E-state index is 0.977. The van der Waals surface area contributed by atoms with Gasteiger partial charge in [-0.15, -0.1) is 8.58 Å². The van der Waals surface area contributed by atoms with Gasteiger partial charge in [-0.3, -0.25) is 0 Å². The van der Waals surface area contributed by atoms with Crippen molar-refractivity contribution in [2.75, 3.05) is 6.66 Å². The first-order valence-electron chi connectivity index (χ1n) is 2.98. The smallest absolute Gasteiger partial charge is 0.0268 e. The van der Waals surface area contributed by atoms with Gasteiger partial charge in [-0.05, 0) is 18.7 Å². The van der Waals surface area contributed by atoms with Crippen LogP contribution in [0.15, 0.2) is 0 Å². The van der Waals surface area contributed by atoms with E-state index in [-0.39, 0.29) is 0 Å². The van der Waals surface area contributed by atoms with E-state index in [0.717, 1.165) is 14.2 Å². The molecule has 0 aliphatic heterocycles. The van der Waals surface area contributed by atoms with Crippen LogP contribution >= 0.6 is 8.58 Å².